The Kier molecular flexibility index (Phi) is 3.44. The monoisotopic (exact) mass is 358 g/mol. The topological polar surface area (TPSA) is 32.3 Å². The van der Waals surface area contributed by atoms with Crippen LogP contribution >= 0.6 is 22.6 Å². The number of anilines is 1. The summed E-state index contributed by atoms with van der Waals surface area (Å²) < 4.78 is 1.10. The summed E-state index contributed by atoms with van der Waals surface area (Å²) in [6.45, 7) is 4.69. The largest absolute Gasteiger partial charge is 0.340 e. The fraction of sp³-hybridized carbons (Fsp3) is 0.692. The van der Waals surface area contributed by atoms with Crippen molar-refractivity contribution in [2.75, 3.05) is 38.1 Å². The summed E-state index contributed by atoms with van der Waals surface area (Å²) in [5.74, 6) is 0.907. The third kappa shape index (κ3) is 2.47. The van der Waals surface area contributed by atoms with E-state index < -0.39 is 0 Å². The van der Waals surface area contributed by atoms with E-state index in [1.54, 1.807) is 0 Å². The highest BCUT2D eigenvalue weighted by atomic mass is 127. The van der Waals surface area contributed by atoms with Crippen molar-refractivity contribution in [2.24, 2.45) is 5.41 Å². The Bertz CT molecular complexity index is 418. The van der Waals surface area contributed by atoms with Crippen LogP contribution in [0.15, 0.2) is 12.4 Å². The molecule has 2 aliphatic rings. The van der Waals surface area contributed by atoms with Gasteiger partial charge in [0.15, 0.2) is 0 Å². The van der Waals surface area contributed by atoms with Gasteiger partial charge in [-0.05, 0) is 55.4 Å². The molecule has 1 spiro atoms. The summed E-state index contributed by atoms with van der Waals surface area (Å²) in [5, 5.41) is 0. The van der Waals surface area contributed by atoms with Crippen molar-refractivity contribution in [3.63, 3.8) is 0 Å². The van der Waals surface area contributed by atoms with Crippen LogP contribution in [0.25, 0.3) is 0 Å². The number of piperidine rings is 1. The first-order valence-electron chi connectivity index (χ1n) is 6.58. The van der Waals surface area contributed by atoms with Gasteiger partial charge in [-0.2, -0.15) is 0 Å². The van der Waals surface area contributed by atoms with Crippen LogP contribution < -0.4 is 4.90 Å². The van der Waals surface area contributed by atoms with Gasteiger partial charge < -0.3 is 9.80 Å². The highest BCUT2D eigenvalue weighted by molar-refractivity contribution is 14.1. The zero-order valence-corrected chi connectivity index (χ0v) is 12.9. The molecule has 0 N–H and O–H groups in total. The number of halogens is 1. The van der Waals surface area contributed by atoms with E-state index in [0.717, 1.165) is 22.6 Å². The van der Waals surface area contributed by atoms with Gasteiger partial charge in [0.2, 0.25) is 5.95 Å². The first-order valence-corrected chi connectivity index (χ1v) is 7.66. The first-order chi connectivity index (χ1) is 8.67. The Morgan fingerprint density at radius 3 is 2.61 bits per heavy atom. The molecule has 0 saturated carbocycles. The summed E-state index contributed by atoms with van der Waals surface area (Å²) in [6.07, 6.45) is 7.77. The SMILES string of the molecule is CN1CCC2(CCCN(c3ncc(I)cn3)C2)C1. The number of likely N-dealkylation sites (tertiary alicyclic amines) is 1. The molecule has 1 aromatic heterocycles. The number of aromatic nitrogens is 2. The van der Waals surface area contributed by atoms with Crippen LogP contribution in [0.1, 0.15) is 19.3 Å². The van der Waals surface area contributed by atoms with Gasteiger partial charge in [-0.1, -0.05) is 0 Å². The van der Waals surface area contributed by atoms with E-state index in [1.165, 1.54) is 32.4 Å². The maximum absolute atomic E-state index is 4.47. The Labute approximate surface area is 122 Å². The summed E-state index contributed by atoms with van der Waals surface area (Å²) in [6, 6.07) is 0. The van der Waals surface area contributed by atoms with Crippen LogP contribution in [0.2, 0.25) is 0 Å². The van der Waals surface area contributed by atoms with Crippen molar-refractivity contribution in [1.82, 2.24) is 14.9 Å². The fourth-order valence-corrected chi connectivity index (χ4v) is 3.62. The average molecular weight is 358 g/mol. The standard InChI is InChI=1S/C13H19IN4/c1-17-6-4-13(9-17)3-2-5-18(10-13)12-15-7-11(14)8-16-12/h7-8H,2-6,9-10H2,1H3. The fourth-order valence-electron chi connectivity index (χ4n) is 3.34. The Morgan fingerprint density at radius 2 is 1.94 bits per heavy atom. The lowest BCUT2D eigenvalue weighted by Gasteiger charge is -2.40. The number of nitrogens with zero attached hydrogens (tertiary/aromatic N) is 4. The molecule has 0 bridgehead atoms. The van der Waals surface area contributed by atoms with E-state index in [2.05, 4.69) is 49.4 Å². The highest BCUT2D eigenvalue weighted by Gasteiger charge is 2.40. The van der Waals surface area contributed by atoms with Crippen LogP contribution in [0.5, 0.6) is 0 Å². The third-order valence-corrected chi connectivity index (χ3v) is 4.74. The Balaban J connectivity index is 1.76. The van der Waals surface area contributed by atoms with Gasteiger partial charge in [-0.3, -0.25) is 0 Å². The minimum absolute atomic E-state index is 0.485. The lowest BCUT2D eigenvalue weighted by Crippen LogP contribution is -2.45. The van der Waals surface area contributed by atoms with Crippen molar-refractivity contribution >= 4 is 28.5 Å². The summed E-state index contributed by atoms with van der Waals surface area (Å²) >= 11 is 2.25. The second kappa shape index (κ2) is 4.92. The molecule has 18 heavy (non-hydrogen) atoms. The lowest BCUT2D eigenvalue weighted by atomic mass is 9.79. The van der Waals surface area contributed by atoms with Gasteiger partial charge in [-0.25, -0.2) is 9.97 Å². The number of rotatable bonds is 1. The maximum Gasteiger partial charge on any atom is 0.225 e. The quantitative estimate of drug-likeness (QED) is 0.719. The molecule has 1 unspecified atom stereocenters. The smallest absolute Gasteiger partial charge is 0.225 e. The van der Waals surface area contributed by atoms with Crippen molar-refractivity contribution in [1.29, 1.82) is 0 Å². The molecule has 0 radical (unpaired) electrons. The van der Waals surface area contributed by atoms with Gasteiger partial charge in [-0.15, -0.1) is 0 Å². The molecule has 3 heterocycles. The van der Waals surface area contributed by atoms with Gasteiger partial charge in [0, 0.05) is 41.0 Å². The first kappa shape index (κ1) is 12.6. The molecule has 0 aliphatic carbocycles. The van der Waals surface area contributed by atoms with E-state index in [4.69, 9.17) is 0 Å². The third-order valence-electron chi connectivity index (χ3n) is 4.18. The molecule has 1 atom stereocenters. The van der Waals surface area contributed by atoms with Crippen molar-refractivity contribution in [3.05, 3.63) is 16.0 Å². The van der Waals surface area contributed by atoms with Crippen LogP contribution in [0.3, 0.4) is 0 Å². The second-order valence-electron chi connectivity index (χ2n) is 5.71. The molecule has 4 nitrogen and oxygen atoms in total. The Morgan fingerprint density at radius 1 is 1.17 bits per heavy atom. The molecular formula is C13H19IN4. The number of hydrogen-bond donors (Lipinski definition) is 0. The lowest BCUT2D eigenvalue weighted by molar-refractivity contribution is 0.233. The van der Waals surface area contributed by atoms with E-state index in [-0.39, 0.29) is 0 Å². The zero-order chi connectivity index (χ0) is 12.6. The van der Waals surface area contributed by atoms with Crippen LogP contribution in [0.4, 0.5) is 5.95 Å². The van der Waals surface area contributed by atoms with Crippen molar-refractivity contribution < 1.29 is 0 Å². The predicted molar refractivity (Wildman–Crippen MR) is 80.7 cm³/mol. The molecule has 3 rings (SSSR count). The van der Waals surface area contributed by atoms with Gasteiger partial charge >= 0.3 is 0 Å². The zero-order valence-electron chi connectivity index (χ0n) is 10.8. The van der Waals surface area contributed by atoms with Gasteiger partial charge in [0.1, 0.15) is 0 Å². The van der Waals surface area contributed by atoms with Crippen molar-refractivity contribution in [3.8, 4) is 0 Å². The minimum Gasteiger partial charge on any atom is -0.340 e. The van der Waals surface area contributed by atoms with E-state index in [1.807, 2.05) is 12.4 Å². The average Bonchev–Trinajstić information content (AvgIpc) is 2.71. The van der Waals surface area contributed by atoms with Crippen LogP contribution in [0, 0.1) is 8.99 Å². The molecule has 5 heteroatoms. The molecular weight excluding hydrogens is 339 g/mol. The normalized spacial score (nSPS) is 29.1. The van der Waals surface area contributed by atoms with Gasteiger partial charge in [0.05, 0.1) is 0 Å². The molecule has 2 saturated heterocycles. The number of hydrogen-bond acceptors (Lipinski definition) is 4. The molecule has 0 aromatic carbocycles. The van der Waals surface area contributed by atoms with E-state index >= 15 is 0 Å². The van der Waals surface area contributed by atoms with Crippen LogP contribution in [-0.4, -0.2) is 48.1 Å². The van der Waals surface area contributed by atoms with Crippen molar-refractivity contribution in [2.45, 2.75) is 19.3 Å². The second-order valence-corrected chi connectivity index (χ2v) is 6.96. The summed E-state index contributed by atoms with van der Waals surface area (Å²) in [7, 11) is 2.23. The minimum atomic E-state index is 0.485. The molecule has 1 aromatic rings. The summed E-state index contributed by atoms with van der Waals surface area (Å²) in [4.78, 5) is 13.8. The molecule has 2 aliphatic heterocycles. The van der Waals surface area contributed by atoms with Crippen LogP contribution in [-0.2, 0) is 0 Å². The molecule has 2 fully saturated rings. The summed E-state index contributed by atoms with van der Waals surface area (Å²) in [5.41, 5.74) is 0.485. The van der Waals surface area contributed by atoms with Gasteiger partial charge in [0.25, 0.3) is 0 Å². The molecule has 0 amide bonds. The Hall–Kier alpha value is -0.430. The predicted octanol–water partition coefficient (Wildman–Crippen LogP) is 2.00. The van der Waals surface area contributed by atoms with E-state index in [9.17, 15) is 0 Å². The maximum atomic E-state index is 4.47. The molecule has 98 valence electrons. The van der Waals surface area contributed by atoms with E-state index in [0.29, 0.717) is 5.41 Å². The highest BCUT2D eigenvalue weighted by Crippen LogP contribution is 2.39.